The van der Waals surface area contributed by atoms with Crippen molar-refractivity contribution in [2.45, 2.75) is 25.6 Å². The van der Waals surface area contributed by atoms with Crippen LogP contribution in [0.4, 0.5) is 10.1 Å². The summed E-state index contributed by atoms with van der Waals surface area (Å²) < 4.78 is 21.4. The summed E-state index contributed by atoms with van der Waals surface area (Å²) in [4.78, 5) is 12.6. The van der Waals surface area contributed by atoms with Gasteiger partial charge in [-0.15, -0.1) is 10.2 Å². The fourth-order valence-corrected chi connectivity index (χ4v) is 4.07. The van der Waals surface area contributed by atoms with E-state index in [2.05, 4.69) is 15.5 Å². The number of benzene rings is 3. The van der Waals surface area contributed by atoms with Crippen LogP contribution in [0.15, 0.2) is 78.0 Å². The van der Waals surface area contributed by atoms with E-state index in [1.54, 1.807) is 18.2 Å². The monoisotopic (exact) mass is 462 g/mol. The Hall–Kier alpha value is -3.65. The van der Waals surface area contributed by atoms with Gasteiger partial charge in [0.05, 0.1) is 5.75 Å². The third-order valence-electron chi connectivity index (χ3n) is 4.90. The molecule has 0 spiro atoms. The summed E-state index contributed by atoms with van der Waals surface area (Å²) in [6.07, 6.45) is 0. The van der Waals surface area contributed by atoms with Crippen LogP contribution in [0.25, 0.3) is 5.69 Å². The van der Waals surface area contributed by atoms with Crippen molar-refractivity contribution >= 4 is 23.4 Å². The Kier molecular flexibility index (Phi) is 7.04. The minimum atomic E-state index is -0.444. The molecule has 3 aromatic carbocycles. The van der Waals surface area contributed by atoms with Crippen LogP contribution in [0.5, 0.6) is 5.75 Å². The number of nitrogens with zero attached hydrogens (tertiary/aromatic N) is 3. The highest BCUT2D eigenvalue weighted by molar-refractivity contribution is 7.99. The van der Waals surface area contributed by atoms with Gasteiger partial charge in [0.1, 0.15) is 6.61 Å². The Balaban J connectivity index is 1.50. The first-order valence-corrected chi connectivity index (χ1v) is 11.4. The van der Waals surface area contributed by atoms with Crippen molar-refractivity contribution in [1.82, 2.24) is 14.8 Å². The standard InChI is InChI=1S/C25H23FN4O2S/c1-17-12-13-21(18(2)14-17)27-24(31)16-33-25-29-28-23(30(25)19-8-4-3-5-9-19)15-32-22-11-7-6-10-20(22)26/h3-14H,15-16H2,1-2H3,(H,27,31). The Bertz CT molecular complexity index is 1260. The summed E-state index contributed by atoms with van der Waals surface area (Å²) in [5, 5.41) is 12.0. The fraction of sp³-hybridized carbons (Fsp3) is 0.160. The van der Waals surface area contributed by atoms with Gasteiger partial charge < -0.3 is 10.1 Å². The van der Waals surface area contributed by atoms with Crippen molar-refractivity contribution in [3.05, 3.63) is 95.6 Å². The zero-order chi connectivity index (χ0) is 23.2. The van der Waals surface area contributed by atoms with Gasteiger partial charge >= 0.3 is 0 Å². The molecule has 0 saturated heterocycles. The number of carbonyl (C=O) groups is 1. The molecule has 0 unspecified atom stereocenters. The quantitative estimate of drug-likeness (QED) is 0.358. The van der Waals surface area contributed by atoms with Crippen molar-refractivity contribution < 1.29 is 13.9 Å². The first kappa shape index (κ1) is 22.5. The van der Waals surface area contributed by atoms with E-state index in [1.807, 2.05) is 66.9 Å². The van der Waals surface area contributed by atoms with E-state index in [1.165, 1.54) is 17.8 Å². The van der Waals surface area contributed by atoms with Crippen LogP contribution < -0.4 is 10.1 Å². The van der Waals surface area contributed by atoms with E-state index in [4.69, 9.17) is 4.74 Å². The maximum absolute atomic E-state index is 13.9. The maximum atomic E-state index is 13.9. The highest BCUT2D eigenvalue weighted by Crippen LogP contribution is 2.24. The van der Waals surface area contributed by atoms with Crippen LogP contribution >= 0.6 is 11.8 Å². The van der Waals surface area contributed by atoms with E-state index in [0.29, 0.717) is 11.0 Å². The second kappa shape index (κ2) is 10.3. The predicted octanol–water partition coefficient (Wildman–Crippen LogP) is 5.33. The first-order chi connectivity index (χ1) is 16.0. The average molecular weight is 463 g/mol. The molecular formula is C25H23FN4O2S. The van der Waals surface area contributed by atoms with Gasteiger partial charge in [-0.3, -0.25) is 9.36 Å². The summed E-state index contributed by atoms with van der Waals surface area (Å²) in [5.41, 5.74) is 3.76. The predicted molar refractivity (Wildman–Crippen MR) is 127 cm³/mol. The molecule has 33 heavy (non-hydrogen) atoms. The molecule has 0 aliphatic rings. The van der Waals surface area contributed by atoms with Crippen molar-refractivity contribution in [2.75, 3.05) is 11.1 Å². The smallest absolute Gasteiger partial charge is 0.234 e. The van der Waals surface area contributed by atoms with Crippen LogP contribution in [0, 0.1) is 19.7 Å². The summed E-state index contributed by atoms with van der Waals surface area (Å²) in [7, 11) is 0. The number of thioether (sulfide) groups is 1. The number of aromatic nitrogens is 3. The highest BCUT2D eigenvalue weighted by Gasteiger charge is 2.17. The molecule has 4 aromatic rings. The lowest BCUT2D eigenvalue weighted by Gasteiger charge is -2.12. The van der Waals surface area contributed by atoms with Crippen LogP contribution in [-0.2, 0) is 11.4 Å². The van der Waals surface area contributed by atoms with Gasteiger partial charge in [-0.2, -0.15) is 0 Å². The number of aryl methyl sites for hydroxylation is 2. The van der Waals surface area contributed by atoms with Crippen LogP contribution in [0.3, 0.4) is 0 Å². The fourth-order valence-electron chi connectivity index (χ4n) is 3.30. The number of para-hydroxylation sites is 2. The zero-order valence-electron chi connectivity index (χ0n) is 18.3. The van der Waals surface area contributed by atoms with E-state index in [-0.39, 0.29) is 24.0 Å². The topological polar surface area (TPSA) is 69.0 Å². The third-order valence-corrected chi connectivity index (χ3v) is 5.83. The Labute approximate surface area is 195 Å². The highest BCUT2D eigenvalue weighted by atomic mass is 32.2. The molecule has 168 valence electrons. The number of ether oxygens (including phenoxy) is 1. The molecule has 0 fully saturated rings. The van der Waals surface area contributed by atoms with Gasteiger partial charge in [-0.05, 0) is 49.7 Å². The molecule has 0 atom stereocenters. The molecule has 1 N–H and O–H groups in total. The second-order valence-electron chi connectivity index (χ2n) is 7.44. The van der Waals surface area contributed by atoms with Gasteiger partial charge in [0.25, 0.3) is 0 Å². The van der Waals surface area contributed by atoms with Crippen molar-refractivity contribution in [3.63, 3.8) is 0 Å². The molecule has 1 heterocycles. The Morgan fingerprint density at radius 3 is 2.55 bits per heavy atom. The van der Waals surface area contributed by atoms with Gasteiger partial charge in [0.15, 0.2) is 22.5 Å². The number of halogens is 1. The SMILES string of the molecule is Cc1ccc(NC(=O)CSc2nnc(COc3ccccc3F)n2-c2ccccc2)c(C)c1. The minimum absolute atomic E-state index is 0.0259. The number of hydrogen-bond donors (Lipinski definition) is 1. The van der Waals surface area contributed by atoms with Crippen molar-refractivity contribution in [1.29, 1.82) is 0 Å². The molecule has 1 amide bonds. The average Bonchev–Trinajstić information content (AvgIpc) is 3.22. The number of rotatable bonds is 8. The molecule has 1 aromatic heterocycles. The lowest BCUT2D eigenvalue weighted by Crippen LogP contribution is -2.15. The molecular weight excluding hydrogens is 439 g/mol. The van der Waals surface area contributed by atoms with E-state index < -0.39 is 5.82 Å². The molecule has 0 saturated carbocycles. The number of amides is 1. The van der Waals surface area contributed by atoms with Crippen LogP contribution in [0.2, 0.25) is 0 Å². The zero-order valence-corrected chi connectivity index (χ0v) is 19.1. The summed E-state index contributed by atoms with van der Waals surface area (Å²) in [6.45, 7) is 4.00. The minimum Gasteiger partial charge on any atom is -0.483 e. The van der Waals surface area contributed by atoms with E-state index in [0.717, 1.165) is 22.5 Å². The first-order valence-electron chi connectivity index (χ1n) is 10.4. The lowest BCUT2D eigenvalue weighted by atomic mass is 10.1. The molecule has 0 radical (unpaired) electrons. The van der Waals surface area contributed by atoms with Gasteiger partial charge in [0, 0.05) is 11.4 Å². The summed E-state index contributed by atoms with van der Waals surface area (Å²) in [5.74, 6) is 0.218. The Morgan fingerprint density at radius 2 is 1.79 bits per heavy atom. The van der Waals surface area contributed by atoms with Crippen molar-refractivity contribution in [2.24, 2.45) is 0 Å². The largest absolute Gasteiger partial charge is 0.483 e. The molecule has 0 bridgehead atoms. The van der Waals surface area contributed by atoms with Gasteiger partial charge in [-0.25, -0.2) is 4.39 Å². The second-order valence-corrected chi connectivity index (χ2v) is 8.39. The van der Waals surface area contributed by atoms with Crippen molar-refractivity contribution in [3.8, 4) is 11.4 Å². The van der Waals surface area contributed by atoms with E-state index in [9.17, 15) is 9.18 Å². The summed E-state index contributed by atoms with van der Waals surface area (Å²) >= 11 is 1.27. The van der Waals surface area contributed by atoms with Gasteiger partial charge in [0.2, 0.25) is 5.91 Å². The molecule has 8 heteroatoms. The van der Waals surface area contributed by atoms with Gasteiger partial charge in [-0.1, -0.05) is 59.8 Å². The number of anilines is 1. The molecule has 6 nitrogen and oxygen atoms in total. The lowest BCUT2D eigenvalue weighted by molar-refractivity contribution is -0.113. The Morgan fingerprint density at radius 1 is 1.03 bits per heavy atom. The summed E-state index contributed by atoms with van der Waals surface area (Å²) in [6, 6.07) is 21.6. The normalized spacial score (nSPS) is 10.8. The third kappa shape index (κ3) is 5.59. The number of nitrogens with one attached hydrogen (secondary N) is 1. The molecule has 0 aliphatic heterocycles. The van der Waals surface area contributed by atoms with Crippen LogP contribution in [-0.4, -0.2) is 26.4 Å². The van der Waals surface area contributed by atoms with E-state index >= 15 is 0 Å². The van der Waals surface area contributed by atoms with Crippen LogP contribution in [0.1, 0.15) is 17.0 Å². The number of hydrogen-bond acceptors (Lipinski definition) is 5. The number of carbonyl (C=O) groups excluding carboxylic acids is 1. The molecule has 0 aliphatic carbocycles. The maximum Gasteiger partial charge on any atom is 0.234 e. The molecule has 4 rings (SSSR count).